The van der Waals surface area contributed by atoms with Gasteiger partial charge in [0.1, 0.15) is 11.6 Å². The van der Waals surface area contributed by atoms with E-state index in [2.05, 4.69) is 10.4 Å². The quantitative estimate of drug-likeness (QED) is 0.723. The van der Waals surface area contributed by atoms with Crippen molar-refractivity contribution in [1.82, 2.24) is 19.7 Å². The third kappa shape index (κ3) is 3.46. The van der Waals surface area contributed by atoms with Crippen molar-refractivity contribution in [3.05, 3.63) is 36.8 Å². The summed E-state index contributed by atoms with van der Waals surface area (Å²) >= 11 is 0. The number of aryl methyl sites for hydroxylation is 1. The van der Waals surface area contributed by atoms with Gasteiger partial charge in [0.2, 0.25) is 0 Å². The zero-order valence-electron chi connectivity index (χ0n) is 17.3. The first-order valence-electron chi connectivity index (χ1n) is 9.52. The van der Waals surface area contributed by atoms with E-state index in [4.69, 9.17) is 4.74 Å². The molecule has 0 spiro atoms. The number of hydrogen-bond donors (Lipinski definition) is 1. The highest BCUT2D eigenvalue weighted by Gasteiger charge is 2.32. The number of aromatic nitrogens is 3. The normalized spacial score (nSPS) is 16.8. The molecule has 2 aromatic heterocycles. The van der Waals surface area contributed by atoms with E-state index in [1.165, 1.54) is 0 Å². The first-order chi connectivity index (χ1) is 13.6. The number of carbonyl (C=O) groups excluding carboxylic acids is 2. The smallest absolute Gasteiger partial charge is 0.408 e. The van der Waals surface area contributed by atoms with Gasteiger partial charge in [-0.2, -0.15) is 5.10 Å². The maximum atomic E-state index is 13.0. The second-order valence-corrected chi connectivity index (χ2v) is 8.37. The molecular weight excluding hydrogens is 370 g/mol. The minimum absolute atomic E-state index is 0.185. The Kier molecular flexibility index (Phi) is 4.37. The number of nitrogens with zero attached hydrogens (tertiary/aromatic N) is 4. The zero-order valence-corrected chi connectivity index (χ0v) is 17.3. The molecule has 0 aliphatic carbocycles. The van der Waals surface area contributed by atoms with E-state index >= 15 is 0 Å². The molecule has 1 unspecified atom stereocenters. The van der Waals surface area contributed by atoms with Crippen LogP contribution >= 0.6 is 0 Å². The highest BCUT2D eigenvalue weighted by molar-refractivity contribution is 6.09. The third-order valence-electron chi connectivity index (χ3n) is 4.95. The Morgan fingerprint density at radius 3 is 2.66 bits per heavy atom. The van der Waals surface area contributed by atoms with Crippen LogP contribution in [0.15, 0.2) is 36.8 Å². The molecule has 0 bridgehead atoms. The number of para-hydroxylation sites is 1. The molecule has 1 aromatic carbocycles. The number of hydrogen-bond acceptors (Lipinski definition) is 4. The Hall–Kier alpha value is -3.29. The van der Waals surface area contributed by atoms with Crippen LogP contribution in [0.2, 0.25) is 0 Å². The molecule has 1 atom stereocenters. The summed E-state index contributed by atoms with van der Waals surface area (Å²) in [6.07, 6.45) is 5.19. The van der Waals surface area contributed by atoms with Crippen LogP contribution in [0.1, 0.15) is 20.8 Å². The Balaban J connectivity index is 1.76. The second kappa shape index (κ2) is 6.65. The number of benzene rings is 1. The number of anilines is 1. The number of ether oxygens (including phenoxy) is 1. The van der Waals surface area contributed by atoms with Gasteiger partial charge in [0.15, 0.2) is 0 Å². The van der Waals surface area contributed by atoms with Crippen molar-refractivity contribution in [3.8, 4) is 11.1 Å². The number of likely N-dealkylation sites (N-methyl/N-ethyl adjacent to an activating group) is 1. The number of amides is 2. The van der Waals surface area contributed by atoms with Crippen molar-refractivity contribution in [2.24, 2.45) is 7.05 Å². The molecule has 3 heterocycles. The Bertz CT molecular complexity index is 1110. The highest BCUT2D eigenvalue weighted by atomic mass is 16.6. The van der Waals surface area contributed by atoms with Crippen LogP contribution in [0, 0.1) is 0 Å². The van der Waals surface area contributed by atoms with Crippen molar-refractivity contribution in [2.45, 2.75) is 39.0 Å². The van der Waals surface area contributed by atoms with E-state index in [0.717, 1.165) is 27.7 Å². The summed E-state index contributed by atoms with van der Waals surface area (Å²) < 4.78 is 9.14. The third-order valence-corrected chi connectivity index (χ3v) is 4.95. The predicted molar refractivity (Wildman–Crippen MR) is 111 cm³/mol. The van der Waals surface area contributed by atoms with Gasteiger partial charge in [-0.1, -0.05) is 12.1 Å². The fraction of sp³-hybridized carbons (Fsp3) is 0.381. The zero-order chi connectivity index (χ0) is 20.9. The lowest BCUT2D eigenvalue weighted by atomic mass is 10.1. The van der Waals surface area contributed by atoms with Crippen molar-refractivity contribution in [3.63, 3.8) is 0 Å². The fourth-order valence-electron chi connectivity index (χ4n) is 3.73. The van der Waals surface area contributed by atoms with Gasteiger partial charge in [-0.3, -0.25) is 9.48 Å². The number of nitrogens with one attached hydrogen (secondary N) is 1. The monoisotopic (exact) mass is 395 g/mol. The lowest BCUT2D eigenvalue weighted by molar-refractivity contribution is -0.120. The first-order valence-corrected chi connectivity index (χ1v) is 9.52. The van der Waals surface area contributed by atoms with E-state index in [0.29, 0.717) is 6.54 Å². The van der Waals surface area contributed by atoms with E-state index in [1.807, 2.05) is 48.4 Å². The summed E-state index contributed by atoms with van der Waals surface area (Å²) in [6, 6.07) is 5.16. The summed E-state index contributed by atoms with van der Waals surface area (Å²) in [5, 5.41) is 8.05. The number of carbonyl (C=O) groups is 2. The molecule has 3 aromatic rings. The van der Waals surface area contributed by atoms with Crippen molar-refractivity contribution < 1.29 is 14.3 Å². The molecule has 0 saturated heterocycles. The average Bonchev–Trinajstić information content (AvgIpc) is 3.19. The minimum Gasteiger partial charge on any atom is -0.444 e. The summed E-state index contributed by atoms with van der Waals surface area (Å²) in [6.45, 7) is 5.69. The van der Waals surface area contributed by atoms with Crippen LogP contribution in [0.3, 0.4) is 0 Å². The predicted octanol–water partition coefficient (Wildman–Crippen LogP) is 2.91. The lowest BCUT2D eigenvalue weighted by Crippen LogP contribution is -2.49. The summed E-state index contributed by atoms with van der Waals surface area (Å²) in [7, 11) is 3.61. The van der Waals surface area contributed by atoms with Crippen molar-refractivity contribution >= 4 is 28.6 Å². The van der Waals surface area contributed by atoms with E-state index < -0.39 is 17.7 Å². The van der Waals surface area contributed by atoms with Gasteiger partial charge in [-0.25, -0.2) is 4.79 Å². The van der Waals surface area contributed by atoms with Crippen LogP contribution < -0.4 is 10.2 Å². The van der Waals surface area contributed by atoms with E-state index in [-0.39, 0.29) is 5.91 Å². The van der Waals surface area contributed by atoms with Gasteiger partial charge in [0, 0.05) is 43.0 Å². The van der Waals surface area contributed by atoms with Crippen LogP contribution in [-0.2, 0) is 23.1 Å². The Morgan fingerprint density at radius 2 is 2.00 bits per heavy atom. The largest absolute Gasteiger partial charge is 0.444 e. The maximum absolute atomic E-state index is 13.0. The standard InChI is InChI=1S/C21H25N5O3/c1-21(2,3)29-20(28)23-16-12-26-11-15(13-9-22-24(4)10-13)14-7-6-8-17(18(14)26)25(5)19(16)27/h6-11,16H,12H2,1-5H3,(H,23,28). The molecule has 2 amide bonds. The summed E-state index contributed by atoms with van der Waals surface area (Å²) in [5.74, 6) is -0.185. The number of alkyl carbamates (subject to hydrolysis) is 1. The molecular formula is C21H25N5O3. The van der Waals surface area contributed by atoms with Crippen molar-refractivity contribution in [2.75, 3.05) is 11.9 Å². The molecule has 1 aliphatic heterocycles. The van der Waals surface area contributed by atoms with Crippen LogP contribution in [-0.4, -0.2) is 45.0 Å². The maximum Gasteiger partial charge on any atom is 0.408 e. The Morgan fingerprint density at radius 1 is 1.24 bits per heavy atom. The average molecular weight is 395 g/mol. The van der Waals surface area contributed by atoms with Gasteiger partial charge < -0.3 is 19.5 Å². The molecule has 0 radical (unpaired) electrons. The summed E-state index contributed by atoms with van der Waals surface area (Å²) in [4.78, 5) is 26.9. The first kappa shape index (κ1) is 19.0. The molecule has 152 valence electrons. The van der Waals surface area contributed by atoms with Gasteiger partial charge in [-0.05, 0) is 26.8 Å². The van der Waals surface area contributed by atoms with Crippen LogP contribution in [0.25, 0.3) is 22.0 Å². The fourth-order valence-corrected chi connectivity index (χ4v) is 3.73. The van der Waals surface area contributed by atoms with Crippen molar-refractivity contribution in [1.29, 1.82) is 0 Å². The van der Waals surface area contributed by atoms with E-state index in [9.17, 15) is 9.59 Å². The molecule has 29 heavy (non-hydrogen) atoms. The molecule has 8 nitrogen and oxygen atoms in total. The lowest BCUT2D eigenvalue weighted by Gasteiger charge is -2.24. The molecule has 4 rings (SSSR count). The van der Waals surface area contributed by atoms with E-state index in [1.54, 1.807) is 37.4 Å². The second-order valence-electron chi connectivity index (χ2n) is 8.37. The molecule has 0 fully saturated rings. The van der Waals surface area contributed by atoms with Crippen LogP contribution in [0.4, 0.5) is 10.5 Å². The van der Waals surface area contributed by atoms with Gasteiger partial charge in [-0.15, -0.1) is 0 Å². The van der Waals surface area contributed by atoms with Gasteiger partial charge in [0.05, 0.1) is 23.9 Å². The molecule has 0 saturated carbocycles. The molecule has 8 heteroatoms. The summed E-state index contributed by atoms with van der Waals surface area (Å²) in [5.41, 5.74) is 3.15. The Labute approximate surface area is 169 Å². The highest BCUT2D eigenvalue weighted by Crippen LogP contribution is 2.37. The van der Waals surface area contributed by atoms with Gasteiger partial charge in [0.25, 0.3) is 5.91 Å². The topological polar surface area (TPSA) is 81.4 Å². The van der Waals surface area contributed by atoms with Crippen LogP contribution in [0.5, 0.6) is 0 Å². The minimum atomic E-state index is -0.736. The molecule has 1 N–H and O–H groups in total. The van der Waals surface area contributed by atoms with Gasteiger partial charge >= 0.3 is 6.09 Å². The molecule has 1 aliphatic rings. The number of rotatable bonds is 2. The SMILES string of the molecule is CN1C(=O)C(NC(=O)OC(C)(C)C)Cn2cc(-c3cnn(C)c3)c3cccc1c32.